The first-order valence-corrected chi connectivity index (χ1v) is 7.37. The van der Waals surface area contributed by atoms with Crippen molar-refractivity contribution in [2.75, 3.05) is 7.11 Å². The lowest BCUT2D eigenvalue weighted by Gasteiger charge is -2.19. The number of benzene rings is 1. The fourth-order valence-electron chi connectivity index (χ4n) is 2.06. The number of aliphatic hydroxyl groups excluding tert-OH is 1. The van der Waals surface area contributed by atoms with Crippen molar-refractivity contribution in [1.29, 1.82) is 0 Å². The van der Waals surface area contributed by atoms with Gasteiger partial charge in [-0.2, -0.15) is 13.2 Å². The predicted molar refractivity (Wildman–Crippen MR) is 83.0 cm³/mol. The number of rotatable bonds is 7. The molecule has 1 aromatic carbocycles. The van der Waals surface area contributed by atoms with Crippen LogP contribution in [0.3, 0.4) is 0 Å². The molecule has 0 aliphatic heterocycles. The fraction of sp³-hybridized carbons (Fsp3) is 0.412. The Morgan fingerprint density at radius 2 is 1.92 bits per heavy atom. The Morgan fingerprint density at radius 3 is 2.40 bits per heavy atom. The van der Waals surface area contributed by atoms with Crippen LogP contribution in [0.4, 0.5) is 13.2 Å². The summed E-state index contributed by atoms with van der Waals surface area (Å²) in [4.78, 5) is 23.7. The predicted octanol–water partition coefficient (Wildman–Crippen LogP) is 2.20. The number of methoxy groups -OCH3 is 1. The number of hydrogen-bond donors (Lipinski definition) is 2. The van der Waals surface area contributed by atoms with Gasteiger partial charge in [-0.05, 0) is 30.5 Å². The van der Waals surface area contributed by atoms with Gasteiger partial charge < -0.3 is 15.2 Å². The maximum absolute atomic E-state index is 12.5. The van der Waals surface area contributed by atoms with Crippen LogP contribution in [-0.2, 0) is 20.5 Å². The van der Waals surface area contributed by atoms with Gasteiger partial charge in [0.25, 0.3) is 5.91 Å². The highest BCUT2D eigenvalue weighted by atomic mass is 19.4. The molecule has 5 nitrogen and oxygen atoms in total. The molecule has 0 saturated heterocycles. The lowest BCUT2D eigenvalue weighted by atomic mass is 10.0. The molecule has 2 N–H and O–H groups in total. The highest BCUT2D eigenvalue weighted by Crippen LogP contribution is 2.30. The van der Waals surface area contributed by atoms with Gasteiger partial charge in [-0.25, -0.2) is 4.79 Å². The van der Waals surface area contributed by atoms with Crippen LogP contribution in [0, 0.1) is 12.3 Å². The zero-order valence-corrected chi connectivity index (χ0v) is 13.5. The molecule has 1 aromatic rings. The van der Waals surface area contributed by atoms with E-state index in [9.17, 15) is 27.9 Å². The molecule has 0 aromatic heterocycles. The Kier molecular flexibility index (Phi) is 7.45. The second kappa shape index (κ2) is 9.08. The monoisotopic (exact) mass is 357 g/mol. The van der Waals surface area contributed by atoms with Crippen molar-refractivity contribution < 1.29 is 32.6 Å². The third-order valence-corrected chi connectivity index (χ3v) is 3.42. The Balaban J connectivity index is 2.79. The molecule has 0 bridgehead atoms. The van der Waals surface area contributed by atoms with Crippen LogP contribution in [0.5, 0.6) is 0 Å². The number of alkyl halides is 3. The molecule has 0 radical (unpaired) electrons. The van der Waals surface area contributed by atoms with Crippen LogP contribution >= 0.6 is 0 Å². The first kappa shape index (κ1) is 20.5. The number of terminal acetylenes is 1. The lowest BCUT2D eigenvalue weighted by molar-refractivity contribution is -0.146. The van der Waals surface area contributed by atoms with Crippen LogP contribution in [0.2, 0.25) is 0 Å². The summed E-state index contributed by atoms with van der Waals surface area (Å²) in [7, 11) is 1.15. The minimum absolute atomic E-state index is 0.0299. The van der Waals surface area contributed by atoms with Crippen molar-refractivity contribution in [3.05, 3.63) is 35.4 Å². The molecule has 1 amide bonds. The van der Waals surface area contributed by atoms with E-state index in [-0.39, 0.29) is 12.0 Å². The number of hydrogen-bond acceptors (Lipinski definition) is 4. The summed E-state index contributed by atoms with van der Waals surface area (Å²) in [6.07, 6.45) is -0.0618. The summed E-state index contributed by atoms with van der Waals surface area (Å²) in [5.41, 5.74) is -0.927. The molecular formula is C17H18F3NO4. The summed E-state index contributed by atoms with van der Waals surface area (Å²) < 4.78 is 42.1. The highest BCUT2D eigenvalue weighted by Gasteiger charge is 2.31. The molecule has 0 aliphatic rings. The largest absolute Gasteiger partial charge is 0.467 e. The average molecular weight is 357 g/mol. The number of nitrogens with one attached hydrogen (secondary N) is 1. The van der Waals surface area contributed by atoms with E-state index in [1.54, 1.807) is 0 Å². The van der Waals surface area contributed by atoms with E-state index >= 15 is 0 Å². The molecule has 2 atom stereocenters. The van der Waals surface area contributed by atoms with Crippen LogP contribution in [0.15, 0.2) is 24.3 Å². The average Bonchev–Trinajstić information content (AvgIpc) is 2.58. The summed E-state index contributed by atoms with van der Waals surface area (Å²) in [5.74, 6) is 0.769. The van der Waals surface area contributed by atoms with E-state index in [1.807, 2.05) is 0 Å². The van der Waals surface area contributed by atoms with Crippen LogP contribution in [-0.4, -0.2) is 30.1 Å². The maximum Gasteiger partial charge on any atom is 0.416 e. The van der Waals surface area contributed by atoms with Crippen molar-refractivity contribution >= 4 is 11.9 Å². The Hall–Kier alpha value is -2.53. The summed E-state index contributed by atoms with van der Waals surface area (Å²) in [5, 5.41) is 12.3. The number of esters is 1. The second-order valence-electron chi connectivity index (χ2n) is 5.20. The van der Waals surface area contributed by atoms with Crippen LogP contribution in [0.1, 0.15) is 36.5 Å². The van der Waals surface area contributed by atoms with Crippen LogP contribution < -0.4 is 5.32 Å². The van der Waals surface area contributed by atoms with E-state index in [0.717, 1.165) is 31.4 Å². The quantitative estimate of drug-likeness (QED) is 0.446. The molecule has 0 fully saturated rings. The van der Waals surface area contributed by atoms with Crippen molar-refractivity contribution in [2.45, 2.75) is 37.6 Å². The topological polar surface area (TPSA) is 75.6 Å². The van der Waals surface area contributed by atoms with E-state index in [1.165, 1.54) is 0 Å². The van der Waals surface area contributed by atoms with E-state index in [4.69, 9.17) is 6.42 Å². The first-order valence-electron chi connectivity index (χ1n) is 7.37. The van der Waals surface area contributed by atoms with Crippen LogP contribution in [0.25, 0.3) is 0 Å². The van der Waals surface area contributed by atoms with E-state index < -0.39 is 35.8 Å². The minimum Gasteiger partial charge on any atom is -0.467 e. The van der Waals surface area contributed by atoms with Gasteiger partial charge in [0, 0.05) is 6.42 Å². The molecule has 136 valence electrons. The molecule has 0 spiro atoms. The van der Waals surface area contributed by atoms with E-state index in [0.29, 0.717) is 12.8 Å². The second-order valence-corrected chi connectivity index (χ2v) is 5.20. The number of carbonyl (C=O) groups is 2. The zero-order chi connectivity index (χ0) is 19.0. The number of unbranched alkanes of at least 4 members (excludes halogenated alkanes) is 1. The highest BCUT2D eigenvalue weighted by molar-refractivity contribution is 5.87. The Bertz CT molecular complexity index is 635. The molecular weight excluding hydrogens is 339 g/mol. The molecule has 0 aliphatic carbocycles. The van der Waals surface area contributed by atoms with Crippen molar-refractivity contribution in [2.24, 2.45) is 0 Å². The molecule has 0 unspecified atom stereocenters. The normalized spacial score (nSPS) is 13.4. The molecule has 1 rings (SSSR count). The number of halogens is 3. The smallest absolute Gasteiger partial charge is 0.416 e. The lowest BCUT2D eigenvalue weighted by Crippen LogP contribution is -2.43. The Labute approximate surface area is 143 Å². The number of amides is 1. The van der Waals surface area contributed by atoms with Gasteiger partial charge in [0.2, 0.25) is 0 Å². The molecule has 8 heteroatoms. The third kappa shape index (κ3) is 6.12. The van der Waals surface area contributed by atoms with Crippen molar-refractivity contribution in [3.63, 3.8) is 0 Å². The Morgan fingerprint density at radius 1 is 1.32 bits per heavy atom. The first-order chi connectivity index (χ1) is 11.7. The van der Waals surface area contributed by atoms with Gasteiger partial charge in [-0.3, -0.25) is 4.79 Å². The van der Waals surface area contributed by atoms with Gasteiger partial charge in [0.1, 0.15) is 6.04 Å². The third-order valence-electron chi connectivity index (χ3n) is 3.42. The van der Waals surface area contributed by atoms with Gasteiger partial charge in [0.05, 0.1) is 12.7 Å². The SMILES string of the molecule is C#CCCC[C@H](NC(=O)[C@H](O)c1ccc(C(F)(F)F)cc1)C(=O)OC. The summed E-state index contributed by atoms with van der Waals surface area (Å²) in [6, 6.07) is 2.51. The van der Waals surface area contributed by atoms with Gasteiger partial charge >= 0.3 is 12.1 Å². The maximum atomic E-state index is 12.5. The zero-order valence-electron chi connectivity index (χ0n) is 13.5. The molecule has 0 heterocycles. The van der Waals surface area contributed by atoms with Crippen molar-refractivity contribution in [1.82, 2.24) is 5.32 Å². The number of aliphatic hydroxyl groups is 1. The fourth-order valence-corrected chi connectivity index (χ4v) is 2.06. The summed E-state index contributed by atoms with van der Waals surface area (Å²) in [6.45, 7) is 0. The van der Waals surface area contributed by atoms with Crippen molar-refractivity contribution in [3.8, 4) is 12.3 Å². The van der Waals surface area contributed by atoms with E-state index in [2.05, 4.69) is 16.0 Å². The van der Waals surface area contributed by atoms with Gasteiger partial charge in [-0.15, -0.1) is 12.3 Å². The minimum atomic E-state index is -4.52. The summed E-state index contributed by atoms with van der Waals surface area (Å²) >= 11 is 0. The molecule has 25 heavy (non-hydrogen) atoms. The standard InChI is InChI=1S/C17H18F3NO4/c1-3-4-5-6-13(16(24)25-2)21-15(23)14(22)11-7-9-12(10-8-11)17(18,19)20/h1,7-10,13-14,22H,4-6H2,2H3,(H,21,23)/t13-,14+/m0/s1. The number of ether oxygens (including phenoxy) is 1. The van der Waals surface area contributed by atoms with Gasteiger partial charge in [0.15, 0.2) is 6.10 Å². The molecule has 0 saturated carbocycles. The van der Waals surface area contributed by atoms with Gasteiger partial charge in [-0.1, -0.05) is 12.1 Å². The number of carbonyl (C=O) groups excluding carboxylic acids is 2.